The predicted molar refractivity (Wildman–Crippen MR) is 149 cm³/mol. The summed E-state index contributed by atoms with van der Waals surface area (Å²) in [7, 11) is 0.627. The summed E-state index contributed by atoms with van der Waals surface area (Å²) < 4.78 is 31.0. The van der Waals surface area contributed by atoms with Crippen LogP contribution in [0.15, 0.2) is 144 Å². The second-order valence-electron chi connectivity index (χ2n) is 8.00. The molecule has 190 valence electrons. The van der Waals surface area contributed by atoms with Gasteiger partial charge in [0.15, 0.2) is 0 Å². The number of hydrogen-bond donors (Lipinski definition) is 1. The van der Waals surface area contributed by atoms with Crippen LogP contribution in [0.4, 0.5) is 0 Å². The molecule has 0 aliphatic carbocycles. The van der Waals surface area contributed by atoms with E-state index in [1.54, 1.807) is 18.2 Å². The zero-order chi connectivity index (χ0) is 26.5. The monoisotopic (exact) mass is 616 g/mol. The molecule has 7 heteroatoms. The third-order valence-corrected chi connectivity index (χ3v) is 7.03. The SMILES string of the molecule is N[C@@H](c1ccccc1)[C@@H]([N-]S(=O)(=O)c1cccc2ccccc12)c1ccccc1.[Cl][Ru+].c1ccccc1. The molecule has 0 radical (unpaired) electrons. The zero-order valence-electron chi connectivity index (χ0n) is 19.9. The predicted octanol–water partition coefficient (Wildman–Crippen LogP) is 7.72. The number of nitrogens with two attached hydrogens (primary N) is 1. The van der Waals surface area contributed by atoms with E-state index in [2.05, 4.69) is 14.4 Å². The number of benzene rings is 5. The van der Waals surface area contributed by atoms with Crippen molar-refractivity contribution < 1.29 is 25.7 Å². The Hall–Kier alpha value is -2.86. The smallest absolute Gasteiger partial charge is 0.0623 e. The molecule has 0 saturated carbocycles. The molecular weight excluding hydrogens is 589 g/mol. The summed E-state index contributed by atoms with van der Waals surface area (Å²) >= 11 is 1.82. The van der Waals surface area contributed by atoms with Gasteiger partial charge in [0.25, 0.3) is 0 Å². The van der Waals surface area contributed by atoms with Crippen LogP contribution >= 0.6 is 9.69 Å². The van der Waals surface area contributed by atoms with E-state index >= 15 is 0 Å². The Morgan fingerprint density at radius 1 is 0.595 bits per heavy atom. The Morgan fingerprint density at radius 2 is 1.03 bits per heavy atom. The van der Waals surface area contributed by atoms with Gasteiger partial charge >= 0.3 is 27.0 Å². The van der Waals surface area contributed by atoms with E-state index in [-0.39, 0.29) is 4.90 Å². The normalized spacial score (nSPS) is 12.3. The van der Waals surface area contributed by atoms with Crippen LogP contribution in [0, 0.1) is 0 Å². The molecule has 0 saturated heterocycles. The molecule has 2 N–H and O–H groups in total. The molecule has 2 atom stereocenters. The van der Waals surface area contributed by atoms with Gasteiger partial charge in [0.05, 0.1) is 4.90 Å². The van der Waals surface area contributed by atoms with Gasteiger partial charge in [0, 0.05) is 6.04 Å². The summed E-state index contributed by atoms with van der Waals surface area (Å²) in [5.41, 5.74) is 8.10. The third kappa shape index (κ3) is 8.06. The first-order chi connectivity index (χ1) is 18.1. The zero-order valence-corrected chi connectivity index (χ0v) is 23.2. The average Bonchev–Trinajstić information content (AvgIpc) is 2.98. The Labute approximate surface area is 233 Å². The summed E-state index contributed by atoms with van der Waals surface area (Å²) in [5, 5.41) is 1.51. The maximum atomic E-state index is 13.3. The number of fused-ring (bicyclic) bond motifs is 1. The molecule has 5 aromatic rings. The van der Waals surface area contributed by atoms with E-state index in [9.17, 15) is 8.42 Å². The van der Waals surface area contributed by atoms with Gasteiger partial charge in [-0.15, -0.1) is 0 Å². The Bertz CT molecular complexity index is 1420. The minimum atomic E-state index is -3.94. The maximum Gasteiger partial charge on any atom is -0.0623 e. The number of halogens is 1. The summed E-state index contributed by atoms with van der Waals surface area (Å²) in [6.07, 6.45) is 0. The molecule has 37 heavy (non-hydrogen) atoms. The van der Waals surface area contributed by atoms with Crippen molar-refractivity contribution in [3.8, 4) is 0 Å². The van der Waals surface area contributed by atoms with Gasteiger partial charge in [-0.25, -0.2) is 8.42 Å². The Morgan fingerprint density at radius 3 is 1.59 bits per heavy atom. The molecular formula is C30H27ClN2O2RuS. The van der Waals surface area contributed by atoms with Crippen LogP contribution in [0.2, 0.25) is 0 Å². The molecule has 0 aliphatic rings. The van der Waals surface area contributed by atoms with Crippen LogP contribution in [-0.2, 0) is 27.3 Å². The fourth-order valence-corrected chi connectivity index (χ4v) is 5.23. The first kappa shape index (κ1) is 28.7. The second-order valence-corrected chi connectivity index (χ2v) is 9.61. The molecule has 4 nitrogen and oxygen atoms in total. The number of sulfonamides is 1. The van der Waals surface area contributed by atoms with Crippen LogP contribution < -0.4 is 5.73 Å². The van der Waals surface area contributed by atoms with E-state index < -0.39 is 22.1 Å². The van der Waals surface area contributed by atoms with Crippen molar-refractivity contribution in [2.45, 2.75) is 17.0 Å². The molecule has 0 amide bonds. The number of hydrogen-bond acceptors (Lipinski definition) is 3. The van der Waals surface area contributed by atoms with Crippen molar-refractivity contribution in [2.75, 3.05) is 0 Å². The molecule has 0 unspecified atom stereocenters. The summed E-state index contributed by atoms with van der Waals surface area (Å²) in [6, 6.07) is 42.1. The fourth-order valence-electron chi connectivity index (χ4n) is 3.85. The average molecular weight is 616 g/mol. The summed E-state index contributed by atoms with van der Waals surface area (Å²) in [6.45, 7) is 0. The maximum absolute atomic E-state index is 13.3. The standard InChI is InChI=1S/C24H21N2O2S.C6H6.ClH.Ru/c25-23(19-11-3-1-4-12-19)24(20-13-5-2-6-14-20)26-29(27,28)22-17-9-15-18-10-7-8-16-21(18)22;1-2-4-6-5-3-1;;/h1-17,23-24H,25H2;1-6H;1H;/q-1;;;+2/p-1/t23-,24-;;;/m0.../s1. The molecule has 0 fully saturated rings. The fraction of sp³-hybridized carbons (Fsp3) is 0.0667. The van der Waals surface area contributed by atoms with E-state index in [0.29, 0.717) is 5.39 Å². The van der Waals surface area contributed by atoms with Gasteiger partial charge < -0.3 is 10.5 Å². The van der Waals surface area contributed by atoms with Crippen molar-refractivity contribution in [1.82, 2.24) is 0 Å². The molecule has 0 spiro atoms. The molecule has 0 aliphatic heterocycles. The van der Waals surface area contributed by atoms with Gasteiger partial charge in [-0.3, -0.25) is 0 Å². The van der Waals surface area contributed by atoms with Crippen LogP contribution in [0.25, 0.3) is 15.5 Å². The topological polar surface area (TPSA) is 74.3 Å². The van der Waals surface area contributed by atoms with Crippen molar-refractivity contribution in [3.05, 3.63) is 155 Å². The molecule has 0 heterocycles. The van der Waals surface area contributed by atoms with Crippen molar-refractivity contribution in [2.24, 2.45) is 5.73 Å². The third-order valence-electron chi connectivity index (χ3n) is 5.61. The molecule has 0 bridgehead atoms. The van der Waals surface area contributed by atoms with Gasteiger partial charge in [0.2, 0.25) is 0 Å². The van der Waals surface area contributed by atoms with Crippen LogP contribution in [0.3, 0.4) is 0 Å². The summed E-state index contributed by atoms with van der Waals surface area (Å²) in [4.78, 5) is 0.191. The van der Waals surface area contributed by atoms with Crippen molar-refractivity contribution in [1.29, 1.82) is 0 Å². The second kappa shape index (κ2) is 14.8. The summed E-state index contributed by atoms with van der Waals surface area (Å²) in [5.74, 6) is 0. The Kier molecular flexibility index (Phi) is 11.5. The van der Waals surface area contributed by atoms with E-state index in [1.165, 1.54) is 0 Å². The van der Waals surface area contributed by atoms with Crippen molar-refractivity contribution >= 4 is 30.5 Å². The quantitative estimate of drug-likeness (QED) is 0.199. The first-order valence-electron chi connectivity index (χ1n) is 11.5. The molecule has 5 aromatic carbocycles. The molecule has 5 rings (SSSR count). The van der Waals surface area contributed by atoms with Gasteiger partial charge in [-0.2, -0.15) is 0 Å². The minimum Gasteiger partial charge on any atom is -0.0623 e. The van der Waals surface area contributed by atoms with E-state index in [0.717, 1.165) is 16.5 Å². The minimum absolute atomic E-state index is 0.191. The Balaban J connectivity index is 0.000000412. The first-order valence-corrected chi connectivity index (χ1v) is 15.2. The van der Waals surface area contributed by atoms with E-state index in [1.807, 2.05) is 139 Å². The van der Waals surface area contributed by atoms with Gasteiger partial charge in [0.1, 0.15) is 10.0 Å². The van der Waals surface area contributed by atoms with Crippen LogP contribution in [0.5, 0.6) is 0 Å². The van der Waals surface area contributed by atoms with Crippen LogP contribution in [-0.4, -0.2) is 8.42 Å². The van der Waals surface area contributed by atoms with Crippen molar-refractivity contribution in [3.63, 3.8) is 0 Å². The van der Waals surface area contributed by atoms with Gasteiger partial charge in [-0.1, -0.05) is 145 Å². The van der Waals surface area contributed by atoms with Gasteiger partial charge in [-0.05, 0) is 22.4 Å². The van der Waals surface area contributed by atoms with E-state index in [4.69, 9.17) is 5.73 Å². The largest absolute Gasteiger partial charge is 0.0623 e. The number of nitrogens with zero attached hydrogens (tertiary/aromatic N) is 1. The molecule has 0 aromatic heterocycles. The number of rotatable bonds is 6. The van der Waals surface area contributed by atoms with Crippen LogP contribution in [0.1, 0.15) is 23.2 Å².